The third-order valence-corrected chi connectivity index (χ3v) is 3.87. The molecule has 1 atom stereocenters. The van der Waals surface area contributed by atoms with Gasteiger partial charge in [0.25, 0.3) is 0 Å². The summed E-state index contributed by atoms with van der Waals surface area (Å²) in [5, 5.41) is 4.92. The van der Waals surface area contributed by atoms with Crippen LogP contribution in [0.25, 0.3) is 0 Å². The average molecular weight is 262 g/mol. The second-order valence-corrected chi connectivity index (χ2v) is 4.70. The lowest BCUT2D eigenvalue weighted by atomic mass is 10.1. The second kappa shape index (κ2) is 4.88. The highest BCUT2D eigenvalue weighted by atomic mass is 79.9. The summed E-state index contributed by atoms with van der Waals surface area (Å²) in [5.74, 6) is 0.227. The number of ketones is 1. The lowest BCUT2D eigenvalue weighted by Crippen LogP contribution is -2.31. The van der Waals surface area contributed by atoms with Gasteiger partial charge in [0.05, 0.1) is 6.04 Å². The van der Waals surface area contributed by atoms with Crippen LogP contribution < -0.4 is 5.32 Å². The number of Topliss-reactive ketones (excluding diaryl/α,β-unsaturated/α-hetero) is 1. The molecule has 1 aromatic heterocycles. The molecule has 4 heteroatoms. The Hall–Kier alpha value is -0.190. The summed E-state index contributed by atoms with van der Waals surface area (Å²) in [5.41, 5.74) is 0. The van der Waals surface area contributed by atoms with Gasteiger partial charge in [-0.15, -0.1) is 11.3 Å². The Labute approximate surface area is 90.5 Å². The normalized spacial score (nSPS) is 12.8. The van der Waals surface area contributed by atoms with Crippen molar-refractivity contribution >= 4 is 33.0 Å². The smallest absolute Gasteiger partial charge is 0.154 e. The zero-order valence-corrected chi connectivity index (χ0v) is 10.0. The van der Waals surface area contributed by atoms with Crippen LogP contribution in [0, 0.1) is 0 Å². The van der Waals surface area contributed by atoms with E-state index in [-0.39, 0.29) is 11.8 Å². The predicted octanol–water partition coefficient (Wildman–Crippen LogP) is 2.23. The minimum atomic E-state index is -0.0611. The van der Waals surface area contributed by atoms with Crippen molar-refractivity contribution in [1.82, 2.24) is 5.32 Å². The summed E-state index contributed by atoms with van der Waals surface area (Å²) in [7, 11) is 1.80. The molecule has 0 aliphatic rings. The first-order valence-electron chi connectivity index (χ1n) is 4.07. The van der Waals surface area contributed by atoms with Crippen molar-refractivity contribution in [2.45, 2.75) is 19.4 Å². The highest BCUT2D eigenvalue weighted by Gasteiger charge is 2.13. The van der Waals surface area contributed by atoms with Gasteiger partial charge in [0.15, 0.2) is 5.78 Å². The molecular formula is C9H12BrNOS. The Morgan fingerprint density at radius 1 is 1.77 bits per heavy atom. The molecule has 0 radical (unpaired) electrons. The number of rotatable bonds is 4. The zero-order valence-electron chi connectivity index (χ0n) is 7.63. The number of likely N-dealkylation sites (N-methyl/N-ethyl adjacent to an activating group) is 1. The van der Waals surface area contributed by atoms with Gasteiger partial charge in [-0.3, -0.25) is 4.79 Å². The van der Waals surface area contributed by atoms with E-state index in [0.717, 1.165) is 9.35 Å². The zero-order chi connectivity index (χ0) is 9.84. The Kier molecular flexibility index (Phi) is 4.09. The summed E-state index contributed by atoms with van der Waals surface area (Å²) >= 11 is 5.01. The summed E-state index contributed by atoms with van der Waals surface area (Å²) < 4.78 is 1.04. The van der Waals surface area contributed by atoms with E-state index in [1.165, 1.54) is 0 Å². The minimum Gasteiger partial charge on any atom is -0.311 e. The van der Waals surface area contributed by atoms with Crippen LogP contribution in [0.2, 0.25) is 0 Å². The minimum absolute atomic E-state index is 0.0611. The molecule has 0 saturated carbocycles. The number of hydrogen-bond donors (Lipinski definition) is 1. The molecule has 0 saturated heterocycles. The van der Waals surface area contributed by atoms with Gasteiger partial charge in [-0.05, 0) is 41.3 Å². The monoisotopic (exact) mass is 261 g/mol. The number of carbonyl (C=O) groups is 1. The van der Waals surface area contributed by atoms with Crippen molar-refractivity contribution in [2.75, 3.05) is 7.05 Å². The van der Waals surface area contributed by atoms with E-state index in [1.54, 1.807) is 18.4 Å². The second-order valence-electron chi connectivity index (χ2n) is 2.85. The molecule has 0 bridgehead atoms. The van der Waals surface area contributed by atoms with Gasteiger partial charge < -0.3 is 5.32 Å². The van der Waals surface area contributed by atoms with E-state index < -0.39 is 0 Å². The molecule has 0 aliphatic heterocycles. The SMILES string of the molecule is CNC(C)C(=O)Cc1sccc1Br. The van der Waals surface area contributed by atoms with Crippen LogP contribution in [0.3, 0.4) is 0 Å². The Morgan fingerprint density at radius 3 is 2.92 bits per heavy atom. The van der Waals surface area contributed by atoms with E-state index in [1.807, 2.05) is 18.4 Å². The van der Waals surface area contributed by atoms with Gasteiger partial charge in [0.1, 0.15) is 0 Å². The quantitative estimate of drug-likeness (QED) is 0.901. The third kappa shape index (κ3) is 2.90. The highest BCUT2D eigenvalue weighted by Crippen LogP contribution is 2.23. The van der Waals surface area contributed by atoms with E-state index in [0.29, 0.717) is 6.42 Å². The molecule has 72 valence electrons. The molecule has 1 heterocycles. The number of thiophene rings is 1. The number of nitrogens with one attached hydrogen (secondary N) is 1. The van der Waals surface area contributed by atoms with Crippen molar-refractivity contribution in [3.8, 4) is 0 Å². The van der Waals surface area contributed by atoms with Crippen molar-refractivity contribution in [3.05, 3.63) is 20.8 Å². The lowest BCUT2D eigenvalue weighted by Gasteiger charge is -2.07. The Morgan fingerprint density at radius 2 is 2.46 bits per heavy atom. The van der Waals surface area contributed by atoms with E-state index in [4.69, 9.17) is 0 Å². The van der Waals surface area contributed by atoms with Crippen LogP contribution in [0.5, 0.6) is 0 Å². The first kappa shape index (κ1) is 10.9. The van der Waals surface area contributed by atoms with E-state index >= 15 is 0 Å². The van der Waals surface area contributed by atoms with E-state index in [2.05, 4.69) is 21.2 Å². The average Bonchev–Trinajstić information content (AvgIpc) is 2.50. The van der Waals surface area contributed by atoms with Crippen molar-refractivity contribution < 1.29 is 4.79 Å². The van der Waals surface area contributed by atoms with Crippen LogP contribution in [-0.4, -0.2) is 18.9 Å². The number of hydrogen-bond acceptors (Lipinski definition) is 3. The summed E-state index contributed by atoms with van der Waals surface area (Å²) in [6.07, 6.45) is 0.514. The molecule has 0 amide bonds. The van der Waals surface area contributed by atoms with Crippen molar-refractivity contribution in [2.24, 2.45) is 0 Å². The molecule has 0 aliphatic carbocycles. The van der Waals surface area contributed by atoms with Gasteiger partial charge in [0.2, 0.25) is 0 Å². The van der Waals surface area contributed by atoms with Crippen molar-refractivity contribution in [3.63, 3.8) is 0 Å². The van der Waals surface area contributed by atoms with Gasteiger partial charge in [-0.2, -0.15) is 0 Å². The van der Waals surface area contributed by atoms with Crippen LogP contribution in [-0.2, 0) is 11.2 Å². The van der Waals surface area contributed by atoms with Crippen LogP contribution in [0.1, 0.15) is 11.8 Å². The maximum Gasteiger partial charge on any atom is 0.154 e. The van der Waals surface area contributed by atoms with Gasteiger partial charge in [0, 0.05) is 15.8 Å². The molecular weight excluding hydrogens is 250 g/mol. The summed E-state index contributed by atoms with van der Waals surface area (Å²) in [4.78, 5) is 12.6. The molecule has 1 unspecified atom stereocenters. The molecule has 2 nitrogen and oxygen atoms in total. The molecule has 0 fully saturated rings. The molecule has 1 aromatic rings. The van der Waals surface area contributed by atoms with Gasteiger partial charge in [-0.1, -0.05) is 0 Å². The Balaban J connectivity index is 2.60. The molecule has 0 spiro atoms. The third-order valence-electron chi connectivity index (χ3n) is 1.94. The topological polar surface area (TPSA) is 29.1 Å². The Bertz CT molecular complexity index is 298. The van der Waals surface area contributed by atoms with Crippen molar-refractivity contribution in [1.29, 1.82) is 0 Å². The fraction of sp³-hybridized carbons (Fsp3) is 0.444. The summed E-state index contributed by atoms with van der Waals surface area (Å²) in [6.45, 7) is 1.88. The van der Waals surface area contributed by atoms with Crippen LogP contribution >= 0.6 is 27.3 Å². The predicted molar refractivity (Wildman–Crippen MR) is 59.3 cm³/mol. The molecule has 0 aromatic carbocycles. The lowest BCUT2D eigenvalue weighted by molar-refractivity contribution is -0.119. The fourth-order valence-electron chi connectivity index (χ4n) is 0.924. The maximum atomic E-state index is 11.5. The summed E-state index contributed by atoms with van der Waals surface area (Å²) in [6, 6.07) is 1.91. The maximum absolute atomic E-state index is 11.5. The van der Waals surface area contributed by atoms with Gasteiger partial charge in [-0.25, -0.2) is 0 Å². The van der Waals surface area contributed by atoms with Crippen LogP contribution in [0.4, 0.5) is 0 Å². The first-order chi connectivity index (χ1) is 6.15. The largest absolute Gasteiger partial charge is 0.311 e. The fourth-order valence-corrected chi connectivity index (χ4v) is 2.43. The molecule has 1 N–H and O–H groups in total. The van der Waals surface area contributed by atoms with Crippen LogP contribution in [0.15, 0.2) is 15.9 Å². The molecule has 13 heavy (non-hydrogen) atoms. The number of halogens is 1. The molecule has 1 rings (SSSR count). The first-order valence-corrected chi connectivity index (χ1v) is 5.74. The standard InChI is InChI=1S/C9H12BrNOS/c1-6(11-2)8(12)5-9-7(10)3-4-13-9/h3-4,6,11H,5H2,1-2H3. The highest BCUT2D eigenvalue weighted by molar-refractivity contribution is 9.10. The van der Waals surface area contributed by atoms with E-state index in [9.17, 15) is 4.79 Å². The number of carbonyl (C=O) groups excluding carboxylic acids is 1. The van der Waals surface area contributed by atoms with Gasteiger partial charge >= 0.3 is 0 Å².